The minimum absolute atomic E-state index is 0.203. The number of hydrogen-bond acceptors (Lipinski definition) is 2. The Morgan fingerprint density at radius 1 is 0.810 bits per heavy atom. The molecule has 0 bridgehead atoms. The van der Waals surface area contributed by atoms with E-state index in [0.29, 0.717) is 0 Å². The number of hydrogen-bond donors (Lipinski definition) is 0. The van der Waals surface area contributed by atoms with Crippen molar-refractivity contribution in [3.8, 4) is 0 Å². The molecule has 0 radical (unpaired) electrons. The van der Waals surface area contributed by atoms with Crippen molar-refractivity contribution in [1.29, 1.82) is 0 Å². The van der Waals surface area contributed by atoms with Crippen LogP contribution in [-0.2, 0) is 6.54 Å². The average molecular weight is 286 g/mol. The van der Waals surface area contributed by atoms with E-state index in [1.54, 1.807) is 0 Å². The Labute approximate surface area is 127 Å². The highest BCUT2D eigenvalue weighted by molar-refractivity contribution is 5.94. The topological polar surface area (TPSA) is 23.6 Å². The summed E-state index contributed by atoms with van der Waals surface area (Å²) in [7, 11) is 0. The van der Waals surface area contributed by atoms with Gasteiger partial charge in [0.1, 0.15) is 0 Å². The highest BCUT2D eigenvalue weighted by atomic mass is 16.2. The van der Waals surface area contributed by atoms with Crippen LogP contribution in [0.4, 0.5) is 0 Å². The summed E-state index contributed by atoms with van der Waals surface area (Å²) in [5.74, 6) is 0.203. The quantitative estimate of drug-likeness (QED) is 0.851. The first kappa shape index (κ1) is 14.6. The smallest absolute Gasteiger partial charge is 0.253 e. The van der Waals surface area contributed by atoms with Gasteiger partial charge in [-0.05, 0) is 56.5 Å². The molecule has 2 saturated heterocycles. The highest BCUT2D eigenvalue weighted by Gasteiger charge is 2.19. The SMILES string of the molecule is O=C(c1ccc(CN2CCCCCC2)cc1)N1CCCC1. The third-order valence-electron chi connectivity index (χ3n) is 4.70. The lowest BCUT2D eigenvalue weighted by atomic mass is 10.1. The molecule has 3 heteroatoms. The van der Waals surface area contributed by atoms with Gasteiger partial charge in [0.15, 0.2) is 0 Å². The van der Waals surface area contributed by atoms with Gasteiger partial charge in [-0.15, -0.1) is 0 Å². The maximum absolute atomic E-state index is 12.3. The minimum Gasteiger partial charge on any atom is -0.339 e. The van der Waals surface area contributed by atoms with Crippen molar-refractivity contribution in [1.82, 2.24) is 9.80 Å². The van der Waals surface area contributed by atoms with E-state index in [9.17, 15) is 4.79 Å². The Morgan fingerprint density at radius 3 is 2.00 bits per heavy atom. The number of likely N-dealkylation sites (tertiary alicyclic amines) is 2. The van der Waals surface area contributed by atoms with E-state index in [1.807, 2.05) is 17.0 Å². The summed E-state index contributed by atoms with van der Waals surface area (Å²) in [5.41, 5.74) is 2.17. The van der Waals surface area contributed by atoms with Gasteiger partial charge in [0, 0.05) is 25.2 Å². The Hall–Kier alpha value is -1.35. The van der Waals surface area contributed by atoms with Gasteiger partial charge < -0.3 is 4.90 Å². The molecule has 114 valence electrons. The summed E-state index contributed by atoms with van der Waals surface area (Å²) in [6, 6.07) is 8.28. The first-order chi connectivity index (χ1) is 10.3. The predicted molar refractivity (Wildman–Crippen MR) is 85.3 cm³/mol. The average Bonchev–Trinajstić information content (AvgIpc) is 2.93. The molecule has 3 nitrogen and oxygen atoms in total. The molecule has 0 unspecified atom stereocenters. The van der Waals surface area contributed by atoms with Crippen LogP contribution in [0.5, 0.6) is 0 Å². The maximum Gasteiger partial charge on any atom is 0.253 e. The summed E-state index contributed by atoms with van der Waals surface area (Å²) >= 11 is 0. The van der Waals surface area contributed by atoms with E-state index in [1.165, 1.54) is 44.3 Å². The van der Waals surface area contributed by atoms with Crippen molar-refractivity contribution in [3.63, 3.8) is 0 Å². The molecule has 21 heavy (non-hydrogen) atoms. The van der Waals surface area contributed by atoms with Crippen molar-refractivity contribution in [2.24, 2.45) is 0 Å². The number of rotatable bonds is 3. The van der Waals surface area contributed by atoms with E-state index >= 15 is 0 Å². The van der Waals surface area contributed by atoms with E-state index < -0.39 is 0 Å². The Bertz CT molecular complexity index is 455. The van der Waals surface area contributed by atoms with Crippen molar-refractivity contribution < 1.29 is 4.79 Å². The molecule has 0 N–H and O–H groups in total. The van der Waals surface area contributed by atoms with Crippen LogP contribution in [0.25, 0.3) is 0 Å². The fourth-order valence-electron chi connectivity index (χ4n) is 3.41. The number of carbonyl (C=O) groups is 1. The van der Waals surface area contributed by atoms with Crippen LogP contribution in [0.2, 0.25) is 0 Å². The zero-order chi connectivity index (χ0) is 14.5. The monoisotopic (exact) mass is 286 g/mol. The van der Waals surface area contributed by atoms with Crippen LogP contribution in [0, 0.1) is 0 Å². The van der Waals surface area contributed by atoms with Gasteiger partial charge in [-0.25, -0.2) is 0 Å². The number of nitrogens with zero attached hydrogens (tertiary/aromatic N) is 2. The van der Waals surface area contributed by atoms with Gasteiger partial charge in [-0.1, -0.05) is 25.0 Å². The zero-order valence-electron chi connectivity index (χ0n) is 12.9. The second-order valence-corrected chi connectivity index (χ2v) is 6.39. The molecule has 2 aliphatic rings. The molecule has 0 saturated carbocycles. The first-order valence-corrected chi connectivity index (χ1v) is 8.43. The van der Waals surface area contributed by atoms with Gasteiger partial charge in [0.05, 0.1) is 0 Å². The molecule has 1 amide bonds. The summed E-state index contributed by atoms with van der Waals surface area (Å²) in [6.07, 6.45) is 7.70. The molecular formula is C18H26N2O. The van der Waals surface area contributed by atoms with Crippen LogP contribution in [-0.4, -0.2) is 41.9 Å². The second kappa shape index (κ2) is 7.08. The molecule has 1 aromatic carbocycles. The first-order valence-electron chi connectivity index (χ1n) is 8.43. The molecule has 2 aliphatic heterocycles. The van der Waals surface area contributed by atoms with E-state index in [2.05, 4.69) is 17.0 Å². The summed E-state index contributed by atoms with van der Waals surface area (Å²) in [6.45, 7) is 5.31. The molecule has 3 rings (SSSR count). The van der Waals surface area contributed by atoms with E-state index in [4.69, 9.17) is 0 Å². The van der Waals surface area contributed by atoms with Crippen LogP contribution in [0.3, 0.4) is 0 Å². The van der Waals surface area contributed by atoms with E-state index in [-0.39, 0.29) is 5.91 Å². The largest absolute Gasteiger partial charge is 0.339 e. The van der Waals surface area contributed by atoms with Gasteiger partial charge in [-0.2, -0.15) is 0 Å². The predicted octanol–water partition coefficient (Wildman–Crippen LogP) is 3.30. The van der Waals surface area contributed by atoms with Crippen molar-refractivity contribution in [3.05, 3.63) is 35.4 Å². The van der Waals surface area contributed by atoms with Gasteiger partial charge >= 0.3 is 0 Å². The maximum atomic E-state index is 12.3. The van der Waals surface area contributed by atoms with Crippen LogP contribution in [0.1, 0.15) is 54.4 Å². The molecule has 0 spiro atoms. The van der Waals surface area contributed by atoms with Crippen molar-refractivity contribution >= 4 is 5.91 Å². The summed E-state index contributed by atoms with van der Waals surface area (Å²) < 4.78 is 0. The van der Waals surface area contributed by atoms with Gasteiger partial charge in [-0.3, -0.25) is 9.69 Å². The molecule has 2 heterocycles. The lowest BCUT2D eigenvalue weighted by Crippen LogP contribution is -2.27. The molecule has 0 aromatic heterocycles. The lowest BCUT2D eigenvalue weighted by molar-refractivity contribution is 0.0793. The lowest BCUT2D eigenvalue weighted by Gasteiger charge is -2.20. The summed E-state index contributed by atoms with van der Waals surface area (Å²) in [4.78, 5) is 16.8. The fraction of sp³-hybridized carbons (Fsp3) is 0.611. The Balaban J connectivity index is 1.59. The fourth-order valence-corrected chi connectivity index (χ4v) is 3.41. The second-order valence-electron chi connectivity index (χ2n) is 6.39. The third-order valence-corrected chi connectivity index (χ3v) is 4.70. The summed E-state index contributed by atoms with van der Waals surface area (Å²) in [5, 5.41) is 0. The number of amides is 1. The van der Waals surface area contributed by atoms with Gasteiger partial charge in [0.2, 0.25) is 0 Å². The molecule has 0 atom stereocenters. The van der Waals surface area contributed by atoms with Crippen LogP contribution < -0.4 is 0 Å². The zero-order valence-corrected chi connectivity index (χ0v) is 12.9. The normalized spacial score (nSPS) is 20.5. The molecule has 2 fully saturated rings. The third kappa shape index (κ3) is 3.85. The van der Waals surface area contributed by atoms with Gasteiger partial charge in [0.25, 0.3) is 5.91 Å². The number of benzene rings is 1. The molecule has 1 aromatic rings. The minimum atomic E-state index is 0.203. The number of carbonyl (C=O) groups excluding carboxylic acids is 1. The van der Waals surface area contributed by atoms with E-state index in [0.717, 1.165) is 38.0 Å². The van der Waals surface area contributed by atoms with Crippen molar-refractivity contribution in [2.75, 3.05) is 26.2 Å². The Kier molecular flexibility index (Phi) is 4.91. The molecule has 0 aliphatic carbocycles. The van der Waals surface area contributed by atoms with Crippen LogP contribution in [0.15, 0.2) is 24.3 Å². The highest BCUT2D eigenvalue weighted by Crippen LogP contribution is 2.16. The molecular weight excluding hydrogens is 260 g/mol. The standard InChI is InChI=1S/C18H26N2O/c21-18(20-13-5-6-14-20)17-9-7-16(8-10-17)15-19-11-3-1-2-4-12-19/h7-10H,1-6,11-15H2. The van der Waals surface area contributed by atoms with Crippen molar-refractivity contribution in [2.45, 2.75) is 45.1 Å². The van der Waals surface area contributed by atoms with Crippen LogP contribution >= 0.6 is 0 Å². The Morgan fingerprint density at radius 2 is 1.38 bits per heavy atom.